The summed E-state index contributed by atoms with van der Waals surface area (Å²) in [6.45, 7) is 6.92. The van der Waals surface area contributed by atoms with Gasteiger partial charge in [-0.1, -0.05) is 13.8 Å². The number of likely N-dealkylation sites (N-methyl/N-ethyl adjacent to an activating group) is 1. The maximum absolute atomic E-state index is 11.2. The number of nitrogens with two attached hydrogens (primary N) is 1. The Morgan fingerprint density at radius 2 is 2.23 bits per heavy atom. The van der Waals surface area contributed by atoms with Crippen LogP contribution in [0.1, 0.15) is 13.8 Å². The third-order valence-electron chi connectivity index (χ3n) is 2.13. The maximum atomic E-state index is 11.2. The van der Waals surface area contributed by atoms with Crippen LogP contribution in [0.4, 0.5) is 0 Å². The third-order valence-corrected chi connectivity index (χ3v) is 2.13. The van der Waals surface area contributed by atoms with E-state index >= 15 is 0 Å². The second kappa shape index (κ2) is 6.86. The topological polar surface area (TPSA) is 58.4 Å². The monoisotopic (exact) mass is 187 g/mol. The van der Waals surface area contributed by atoms with Crippen LogP contribution in [-0.2, 0) is 4.79 Å². The van der Waals surface area contributed by atoms with Crippen molar-refractivity contribution in [3.63, 3.8) is 0 Å². The van der Waals surface area contributed by atoms with E-state index in [0.29, 0.717) is 13.1 Å². The van der Waals surface area contributed by atoms with Crippen LogP contribution in [0.2, 0.25) is 0 Å². The molecule has 0 bridgehead atoms. The SMILES string of the molecule is CCN(C)CCNC(=O)C(C)CN. The Kier molecular flexibility index (Phi) is 6.54. The Labute approximate surface area is 80.5 Å². The quantitative estimate of drug-likeness (QED) is 0.597. The lowest BCUT2D eigenvalue weighted by Gasteiger charge is -2.15. The average Bonchev–Trinajstić information content (AvgIpc) is 2.15. The van der Waals surface area contributed by atoms with Gasteiger partial charge in [-0.15, -0.1) is 0 Å². The van der Waals surface area contributed by atoms with Crippen molar-refractivity contribution < 1.29 is 4.79 Å². The Hall–Kier alpha value is -0.610. The molecule has 0 saturated carbocycles. The van der Waals surface area contributed by atoms with Crippen LogP contribution >= 0.6 is 0 Å². The van der Waals surface area contributed by atoms with E-state index in [-0.39, 0.29) is 11.8 Å². The van der Waals surface area contributed by atoms with Crippen LogP contribution in [0, 0.1) is 5.92 Å². The number of hydrogen-bond acceptors (Lipinski definition) is 3. The predicted molar refractivity (Wildman–Crippen MR) is 54.4 cm³/mol. The molecule has 0 aromatic carbocycles. The van der Waals surface area contributed by atoms with Crippen LogP contribution in [0.3, 0.4) is 0 Å². The van der Waals surface area contributed by atoms with Crippen molar-refractivity contribution in [3.05, 3.63) is 0 Å². The van der Waals surface area contributed by atoms with Gasteiger partial charge < -0.3 is 16.0 Å². The highest BCUT2D eigenvalue weighted by Crippen LogP contribution is 1.89. The zero-order valence-electron chi connectivity index (χ0n) is 8.84. The molecule has 4 heteroatoms. The van der Waals surface area contributed by atoms with Gasteiger partial charge in [0, 0.05) is 25.6 Å². The lowest BCUT2D eigenvalue weighted by Crippen LogP contribution is -2.37. The van der Waals surface area contributed by atoms with Gasteiger partial charge >= 0.3 is 0 Å². The average molecular weight is 187 g/mol. The normalized spacial score (nSPS) is 13.0. The van der Waals surface area contributed by atoms with E-state index in [9.17, 15) is 4.79 Å². The van der Waals surface area contributed by atoms with Gasteiger partial charge in [0.2, 0.25) is 5.91 Å². The molecule has 1 amide bonds. The first-order valence-electron chi connectivity index (χ1n) is 4.78. The Morgan fingerprint density at radius 1 is 1.62 bits per heavy atom. The van der Waals surface area contributed by atoms with Crippen LogP contribution in [0.25, 0.3) is 0 Å². The Morgan fingerprint density at radius 3 is 2.69 bits per heavy atom. The van der Waals surface area contributed by atoms with E-state index in [0.717, 1.165) is 13.1 Å². The maximum Gasteiger partial charge on any atom is 0.224 e. The molecular weight excluding hydrogens is 166 g/mol. The van der Waals surface area contributed by atoms with Gasteiger partial charge in [0.15, 0.2) is 0 Å². The first kappa shape index (κ1) is 12.4. The number of amides is 1. The summed E-state index contributed by atoms with van der Waals surface area (Å²) < 4.78 is 0. The van der Waals surface area contributed by atoms with Gasteiger partial charge in [-0.3, -0.25) is 4.79 Å². The standard InChI is InChI=1S/C9H21N3O/c1-4-12(3)6-5-11-9(13)8(2)7-10/h8H,4-7,10H2,1-3H3,(H,11,13). The molecule has 0 rings (SSSR count). The highest BCUT2D eigenvalue weighted by atomic mass is 16.1. The molecule has 0 fully saturated rings. The summed E-state index contributed by atoms with van der Waals surface area (Å²) in [7, 11) is 2.03. The van der Waals surface area contributed by atoms with Crippen LogP contribution in [0.15, 0.2) is 0 Å². The molecule has 0 aliphatic rings. The molecule has 3 N–H and O–H groups in total. The van der Waals surface area contributed by atoms with Gasteiger partial charge in [-0.25, -0.2) is 0 Å². The van der Waals surface area contributed by atoms with E-state index < -0.39 is 0 Å². The van der Waals surface area contributed by atoms with Crippen LogP contribution < -0.4 is 11.1 Å². The molecule has 0 aromatic rings. The van der Waals surface area contributed by atoms with Gasteiger partial charge in [0.1, 0.15) is 0 Å². The minimum absolute atomic E-state index is 0.0482. The van der Waals surface area contributed by atoms with Crippen molar-refractivity contribution in [1.82, 2.24) is 10.2 Å². The number of nitrogens with zero attached hydrogens (tertiary/aromatic N) is 1. The first-order valence-corrected chi connectivity index (χ1v) is 4.78. The molecule has 13 heavy (non-hydrogen) atoms. The molecule has 0 heterocycles. The number of carbonyl (C=O) groups excluding carboxylic acids is 1. The molecule has 0 aliphatic carbocycles. The number of hydrogen-bond donors (Lipinski definition) is 2. The second-order valence-electron chi connectivity index (χ2n) is 3.32. The molecule has 78 valence electrons. The summed E-state index contributed by atoms with van der Waals surface area (Å²) in [6, 6.07) is 0. The van der Waals surface area contributed by atoms with Crippen molar-refractivity contribution in [1.29, 1.82) is 0 Å². The lowest BCUT2D eigenvalue weighted by molar-refractivity contribution is -0.124. The van der Waals surface area contributed by atoms with Crippen molar-refractivity contribution in [3.8, 4) is 0 Å². The van der Waals surface area contributed by atoms with Crippen molar-refractivity contribution in [2.24, 2.45) is 11.7 Å². The van der Waals surface area contributed by atoms with Crippen LogP contribution in [0.5, 0.6) is 0 Å². The number of carbonyl (C=O) groups is 1. The van der Waals surface area contributed by atoms with Crippen LogP contribution in [-0.4, -0.2) is 44.0 Å². The fourth-order valence-electron chi connectivity index (χ4n) is 0.809. The van der Waals surface area contributed by atoms with E-state index in [4.69, 9.17) is 5.73 Å². The summed E-state index contributed by atoms with van der Waals surface area (Å²) in [4.78, 5) is 13.4. The zero-order chi connectivity index (χ0) is 10.3. The fraction of sp³-hybridized carbons (Fsp3) is 0.889. The molecule has 0 spiro atoms. The van der Waals surface area contributed by atoms with E-state index in [2.05, 4.69) is 17.1 Å². The lowest BCUT2D eigenvalue weighted by atomic mass is 10.2. The third kappa shape index (κ3) is 5.60. The van der Waals surface area contributed by atoms with Crippen molar-refractivity contribution in [2.75, 3.05) is 33.2 Å². The predicted octanol–water partition coefficient (Wildman–Crippen LogP) is -0.351. The highest BCUT2D eigenvalue weighted by Gasteiger charge is 2.09. The molecule has 1 unspecified atom stereocenters. The number of nitrogens with one attached hydrogen (secondary N) is 1. The number of rotatable bonds is 6. The Balaban J connectivity index is 3.47. The molecule has 0 aliphatic heterocycles. The minimum Gasteiger partial charge on any atom is -0.355 e. The molecule has 0 aromatic heterocycles. The summed E-state index contributed by atoms with van der Waals surface area (Å²) in [6.07, 6.45) is 0. The summed E-state index contributed by atoms with van der Waals surface area (Å²) in [5, 5.41) is 2.84. The molecule has 0 saturated heterocycles. The van der Waals surface area contributed by atoms with Gasteiger partial charge in [0.05, 0.1) is 0 Å². The molecule has 1 atom stereocenters. The van der Waals surface area contributed by atoms with Gasteiger partial charge in [0.25, 0.3) is 0 Å². The van der Waals surface area contributed by atoms with Crippen molar-refractivity contribution >= 4 is 5.91 Å². The Bertz CT molecular complexity index is 150. The largest absolute Gasteiger partial charge is 0.355 e. The van der Waals surface area contributed by atoms with E-state index in [1.165, 1.54) is 0 Å². The fourth-order valence-corrected chi connectivity index (χ4v) is 0.809. The van der Waals surface area contributed by atoms with Crippen molar-refractivity contribution in [2.45, 2.75) is 13.8 Å². The second-order valence-corrected chi connectivity index (χ2v) is 3.32. The molecule has 4 nitrogen and oxygen atoms in total. The summed E-state index contributed by atoms with van der Waals surface area (Å²) in [5.41, 5.74) is 5.36. The summed E-state index contributed by atoms with van der Waals surface area (Å²) in [5.74, 6) is -0.0288. The molecular formula is C9H21N3O. The highest BCUT2D eigenvalue weighted by molar-refractivity contribution is 5.78. The summed E-state index contributed by atoms with van der Waals surface area (Å²) >= 11 is 0. The smallest absolute Gasteiger partial charge is 0.224 e. The first-order chi connectivity index (χ1) is 6.11. The molecule has 0 radical (unpaired) electrons. The van der Waals surface area contributed by atoms with Gasteiger partial charge in [-0.2, -0.15) is 0 Å². The van der Waals surface area contributed by atoms with E-state index in [1.807, 2.05) is 14.0 Å². The minimum atomic E-state index is -0.0769. The van der Waals surface area contributed by atoms with E-state index in [1.54, 1.807) is 0 Å². The van der Waals surface area contributed by atoms with Gasteiger partial charge in [-0.05, 0) is 13.6 Å². The zero-order valence-corrected chi connectivity index (χ0v) is 8.84.